The Labute approximate surface area is 145 Å². The minimum atomic E-state index is -0.591. The lowest BCUT2D eigenvalue weighted by Gasteiger charge is -2.16. The van der Waals surface area contributed by atoms with Crippen LogP contribution < -0.4 is 16.0 Å². The molecule has 130 valence electrons. The number of likely N-dealkylation sites (N-methyl/N-ethyl adjacent to an activating group) is 1. The maximum Gasteiger partial charge on any atom is 0.321 e. The molecule has 0 saturated carbocycles. The first-order valence-electron chi connectivity index (χ1n) is 7.26. The largest absolute Gasteiger partial charge is 0.334 e. The number of nitrogens with zero attached hydrogens (tertiary/aromatic N) is 1. The molecule has 8 heteroatoms. The van der Waals surface area contributed by atoms with E-state index in [-0.39, 0.29) is 25.5 Å². The van der Waals surface area contributed by atoms with Crippen molar-refractivity contribution in [2.75, 3.05) is 38.3 Å². The predicted octanol–water partition coefficient (Wildman–Crippen LogP) is 1.29. The summed E-state index contributed by atoms with van der Waals surface area (Å²) in [7, 11) is 1.63. The molecule has 0 aliphatic carbocycles. The van der Waals surface area contributed by atoms with Crippen molar-refractivity contribution >= 4 is 35.3 Å². The van der Waals surface area contributed by atoms with E-state index in [2.05, 4.69) is 22.5 Å². The van der Waals surface area contributed by atoms with Gasteiger partial charge in [-0.15, -0.1) is 18.3 Å². The van der Waals surface area contributed by atoms with E-state index in [0.29, 0.717) is 0 Å². The first-order valence-corrected chi connectivity index (χ1v) is 8.48. The Bertz CT molecular complexity index is 607. The van der Waals surface area contributed by atoms with Crippen LogP contribution in [0.15, 0.2) is 41.8 Å². The van der Waals surface area contributed by atoms with Gasteiger partial charge >= 0.3 is 6.03 Å². The summed E-state index contributed by atoms with van der Waals surface area (Å²) in [5.74, 6) is -0.723. The summed E-state index contributed by atoms with van der Waals surface area (Å²) in [6.07, 6.45) is 3.44. The predicted molar refractivity (Wildman–Crippen MR) is 96.1 cm³/mol. The highest BCUT2D eigenvalue weighted by Gasteiger charge is 2.13. The van der Waals surface area contributed by atoms with Gasteiger partial charge in [0, 0.05) is 11.4 Å². The molecule has 7 nitrogen and oxygen atoms in total. The number of nitrogens with one attached hydrogen (secondary N) is 3. The van der Waals surface area contributed by atoms with Crippen molar-refractivity contribution in [1.29, 1.82) is 0 Å². The van der Waals surface area contributed by atoms with Crippen molar-refractivity contribution in [1.82, 2.24) is 15.5 Å². The molecule has 0 saturated heterocycles. The molecule has 0 heterocycles. The zero-order valence-corrected chi connectivity index (χ0v) is 14.6. The van der Waals surface area contributed by atoms with Crippen LogP contribution in [0.2, 0.25) is 0 Å². The average molecular weight is 350 g/mol. The number of amides is 4. The van der Waals surface area contributed by atoms with Crippen LogP contribution in [0.25, 0.3) is 0 Å². The van der Waals surface area contributed by atoms with Gasteiger partial charge in [-0.25, -0.2) is 4.79 Å². The summed E-state index contributed by atoms with van der Waals surface area (Å²) >= 11 is 1.54. The van der Waals surface area contributed by atoms with Gasteiger partial charge in [0.1, 0.15) is 0 Å². The molecule has 0 aliphatic heterocycles. The van der Waals surface area contributed by atoms with Crippen molar-refractivity contribution in [3.05, 3.63) is 36.9 Å². The highest BCUT2D eigenvalue weighted by Crippen LogP contribution is 2.24. The molecule has 0 spiro atoms. The molecular formula is C16H22N4O3S. The number of carbonyl (C=O) groups is 3. The molecule has 0 radical (unpaired) electrons. The number of anilines is 1. The number of hydrogen-bond acceptors (Lipinski definition) is 5. The first kappa shape index (κ1) is 19.7. The van der Waals surface area contributed by atoms with Crippen LogP contribution >= 0.6 is 11.8 Å². The van der Waals surface area contributed by atoms with Crippen LogP contribution in [0, 0.1) is 0 Å². The van der Waals surface area contributed by atoms with Crippen molar-refractivity contribution in [2.45, 2.75) is 4.90 Å². The van der Waals surface area contributed by atoms with Crippen LogP contribution in [0.5, 0.6) is 0 Å². The molecule has 3 N–H and O–H groups in total. The molecule has 0 aromatic heterocycles. The maximum absolute atomic E-state index is 12.1. The summed E-state index contributed by atoms with van der Waals surface area (Å²) in [6, 6.07) is 6.88. The van der Waals surface area contributed by atoms with E-state index in [0.717, 1.165) is 10.6 Å². The minimum Gasteiger partial charge on any atom is -0.334 e. The molecule has 1 aromatic carbocycles. The van der Waals surface area contributed by atoms with Gasteiger partial charge in [0.15, 0.2) is 0 Å². The number of benzene rings is 1. The number of thioether (sulfide) groups is 1. The van der Waals surface area contributed by atoms with Gasteiger partial charge in [-0.1, -0.05) is 18.2 Å². The van der Waals surface area contributed by atoms with Gasteiger partial charge in [0.25, 0.3) is 0 Å². The average Bonchev–Trinajstić information content (AvgIpc) is 2.52. The SMILES string of the molecule is C=CCNC(=O)NC(=O)CN(C)CC(=O)Nc1ccccc1SC. The van der Waals surface area contributed by atoms with Gasteiger partial charge in [0.2, 0.25) is 11.8 Å². The van der Waals surface area contributed by atoms with Gasteiger partial charge in [-0.3, -0.25) is 19.8 Å². The van der Waals surface area contributed by atoms with E-state index < -0.39 is 11.9 Å². The maximum atomic E-state index is 12.1. The van der Waals surface area contributed by atoms with Crippen LogP contribution in [-0.2, 0) is 9.59 Å². The highest BCUT2D eigenvalue weighted by atomic mass is 32.2. The quantitative estimate of drug-likeness (QED) is 0.485. The van der Waals surface area contributed by atoms with Crippen molar-refractivity contribution in [3.8, 4) is 0 Å². The normalized spacial score (nSPS) is 10.1. The van der Waals surface area contributed by atoms with Crippen LogP contribution in [-0.4, -0.2) is 55.7 Å². The van der Waals surface area contributed by atoms with E-state index >= 15 is 0 Å². The van der Waals surface area contributed by atoms with E-state index in [1.54, 1.807) is 7.05 Å². The summed E-state index contributed by atoms with van der Waals surface area (Å²) in [5.41, 5.74) is 0.733. The fourth-order valence-electron chi connectivity index (χ4n) is 1.86. The Hall–Kier alpha value is -2.32. The number of hydrogen-bond donors (Lipinski definition) is 3. The third-order valence-corrected chi connectivity index (χ3v) is 3.66. The molecular weight excluding hydrogens is 328 g/mol. The van der Waals surface area contributed by atoms with E-state index in [9.17, 15) is 14.4 Å². The Morgan fingerprint density at radius 3 is 2.54 bits per heavy atom. The molecule has 0 unspecified atom stereocenters. The second kappa shape index (κ2) is 10.5. The molecule has 24 heavy (non-hydrogen) atoms. The number of para-hydroxylation sites is 1. The first-order chi connectivity index (χ1) is 11.5. The standard InChI is InChI=1S/C16H22N4O3S/c1-4-9-17-16(23)19-15(22)11-20(2)10-14(21)18-12-7-5-6-8-13(12)24-3/h4-8H,1,9-11H2,2-3H3,(H,18,21)(H2,17,19,22,23). The summed E-state index contributed by atoms with van der Waals surface area (Å²) in [4.78, 5) is 37.6. The van der Waals surface area contributed by atoms with Crippen LogP contribution in [0.4, 0.5) is 10.5 Å². The Kier molecular flexibility index (Phi) is 8.59. The fraction of sp³-hybridized carbons (Fsp3) is 0.312. The minimum absolute atomic E-state index is 0.0322. The van der Waals surface area contributed by atoms with Gasteiger partial charge < -0.3 is 10.6 Å². The number of rotatable bonds is 8. The summed E-state index contributed by atoms with van der Waals surface area (Å²) < 4.78 is 0. The fourth-order valence-corrected chi connectivity index (χ4v) is 2.41. The lowest BCUT2D eigenvalue weighted by atomic mass is 10.3. The molecule has 1 rings (SSSR count). The van der Waals surface area contributed by atoms with Crippen LogP contribution in [0.1, 0.15) is 0 Å². The van der Waals surface area contributed by atoms with Gasteiger partial charge in [-0.05, 0) is 25.4 Å². The Morgan fingerprint density at radius 1 is 1.21 bits per heavy atom. The second-order valence-electron chi connectivity index (χ2n) is 4.97. The number of urea groups is 1. The Balaban J connectivity index is 2.42. The number of carbonyl (C=O) groups excluding carboxylic acids is 3. The molecule has 0 bridgehead atoms. The second-order valence-corrected chi connectivity index (χ2v) is 5.82. The van der Waals surface area contributed by atoms with Crippen molar-refractivity contribution in [3.63, 3.8) is 0 Å². The molecule has 0 atom stereocenters. The zero-order valence-electron chi connectivity index (χ0n) is 13.8. The van der Waals surface area contributed by atoms with Gasteiger partial charge in [-0.2, -0.15) is 0 Å². The molecule has 0 aliphatic rings. The van der Waals surface area contributed by atoms with Crippen molar-refractivity contribution in [2.24, 2.45) is 0 Å². The van der Waals surface area contributed by atoms with Gasteiger partial charge in [0.05, 0.1) is 18.8 Å². The third-order valence-electron chi connectivity index (χ3n) is 2.87. The lowest BCUT2D eigenvalue weighted by molar-refractivity contribution is -0.122. The monoisotopic (exact) mass is 350 g/mol. The molecule has 4 amide bonds. The van der Waals surface area contributed by atoms with E-state index in [1.165, 1.54) is 22.7 Å². The van der Waals surface area contributed by atoms with E-state index in [1.807, 2.05) is 30.5 Å². The smallest absolute Gasteiger partial charge is 0.321 e. The lowest BCUT2D eigenvalue weighted by Crippen LogP contribution is -2.45. The van der Waals surface area contributed by atoms with Crippen molar-refractivity contribution < 1.29 is 14.4 Å². The van der Waals surface area contributed by atoms with E-state index in [4.69, 9.17) is 0 Å². The summed E-state index contributed by atoms with van der Waals surface area (Å²) in [5, 5.41) is 7.42. The highest BCUT2D eigenvalue weighted by molar-refractivity contribution is 7.98. The summed E-state index contributed by atoms with van der Waals surface area (Å²) in [6.45, 7) is 3.69. The third kappa shape index (κ3) is 7.30. The topological polar surface area (TPSA) is 90.5 Å². The zero-order chi connectivity index (χ0) is 17.9. The Morgan fingerprint density at radius 2 is 1.88 bits per heavy atom. The van der Waals surface area contributed by atoms with Crippen LogP contribution in [0.3, 0.4) is 0 Å². The molecule has 0 fully saturated rings. The number of imide groups is 1. The molecule has 1 aromatic rings.